The smallest absolute Gasteiger partial charge is 0.223 e. The summed E-state index contributed by atoms with van der Waals surface area (Å²) in [5.74, 6) is 0.359. The molecule has 2 aromatic carbocycles. The topological polar surface area (TPSA) is 45.0 Å². The van der Waals surface area contributed by atoms with Crippen molar-refractivity contribution in [3.8, 4) is 0 Å². The van der Waals surface area contributed by atoms with Gasteiger partial charge >= 0.3 is 0 Å². The number of carbonyl (C=O) groups is 2. The molecule has 178 valence electrons. The molecule has 2 fully saturated rings. The van der Waals surface area contributed by atoms with Gasteiger partial charge in [-0.2, -0.15) is 0 Å². The van der Waals surface area contributed by atoms with Crippen LogP contribution in [-0.4, -0.2) is 47.2 Å². The molecule has 1 saturated carbocycles. The van der Waals surface area contributed by atoms with Crippen LogP contribution in [0.4, 0.5) is 10.1 Å². The van der Waals surface area contributed by atoms with Crippen molar-refractivity contribution in [2.75, 3.05) is 19.6 Å². The van der Waals surface area contributed by atoms with E-state index < -0.39 is 0 Å². The fourth-order valence-electron chi connectivity index (χ4n) is 5.02. The first-order valence-corrected chi connectivity index (χ1v) is 12.1. The Hall–Kier alpha value is -3.04. The molecule has 6 heteroatoms. The molecule has 5 nitrogen and oxygen atoms in total. The van der Waals surface area contributed by atoms with Crippen LogP contribution in [0.15, 0.2) is 36.4 Å². The number of halogens is 1. The molecule has 0 aromatic heterocycles. The minimum atomic E-state index is -0.347. The van der Waals surface area contributed by atoms with Crippen molar-refractivity contribution >= 4 is 17.4 Å². The van der Waals surface area contributed by atoms with Crippen LogP contribution in [0, 0.1) is 25.2 Å². The normalized spacial score (nSPS) is 18.9. The van der Waals surface area contributed by atoms with Crippen molar-refractivity contribution < 1.29 is 14.0 Å². The minimum absolute atomic E-state index is 0.0951. The lowest BCUT2D eigenvalue weighted by Gasteiger charge is -2.41. The van der Waals surface area contributed by atoms with Crippen LogP contribution in [0.25, 0.3) is 4.85 Å². The van der Waals surface area contributed by atoms with Crippen LogP contribution in [0.2, 0.25) is 0 Å². The summed E-state index contributed by atoms with van der Waals surface area (Å²) in [7, 11) is 0. The van der Waals surface area contributed by atoms with E-state index in [9.17, 15) is 14.0 Å². The van der Waals surface area contributed by atoms with E-state index in [0.717, 1.165) is 24.2 Å². The van der Waals surface area contributed by atoms with E-state index in [-0.39, 0.29) is 30.0 Å². The van der Waals surface area contributed by atoms with E-state index in [4.69, 9.17) is 6.57 Å². The summed E-state index contributed by atoms with van der Waals surface area (Å²) in [6.45, 7) is 14.0. The molecule has 1 aliphatic heterocycles. The van der Waals surface area contributed by atoms with E-state index in [1.807, 2.05) is 11.8 Å². The summed E-state index contributed by atoms with van der Waals surface area (Å²) in [5, 5.41) is 0. The maximum atomic E-state index is 14.5. The number of ketones is 1. The Labute approximate surface area is 201 Å². The van der Waals surface area contributed by atoms with Gasteiger partial charge in [-0.1, -0.05) is 24.6 Å². The van der Waals surface area contributed by atoms with Gasteiger partial charge < -0.3 is 4.90 Å². The lowest BCUT2D eigenvalue weighted by molar-refractivity contribution is -0.137. The molecule has 0 N–H and O–H groups in total. The van der Waals surface area contributed by atoms with Gasteiger partial charge in [0, 0.05) is 50.6 Å². The lowest BCUT2D eigenvalue weighted by Crippen LogP contribution is -2.54. The second kappa shape index (κ2) is 10.5. The van der Waals surface area contributed by atoms with Crippen LogP contribution in [-0.2, 0) is 17.8 Å². The zero-order chi connectivity index (χ0) is 24.2. The highest BCUT2D eigenvalue weighted by Crippen LogP contribution is 2.30. The van der Waals surface area contributed by atoms with Crippen molar-refractivity contribution in [3.05, 3.63) is 75.9 Å². The number of rotatable bonds is 7. The Kier molecular flexibility index (Phi) is 7.43. The van der Waals surface area contributed by atoms with Gasteiger partial charge in [-0.25, -0.2) is 9.24 Å². The predicted octanol–water partition coefficient (Wildman–Crippen LogP) is 5.33. The van der Waals surface area contributed by atoms with Gasteiger partial charge in [0.2, 0.25) is 5.91 Å². The van der Waals surface area contributed by atoms with Gasteiger partial charge in [-0.05, 0) is 67.5 Å². The number of carbonyl (C=O) groups excluding carboxylic acids is 2. The van der Waals surface area contributed by atoms with Gasteiger partial charge in [0.25, 0.3) is 0 Å². The Bertz CT molecular complexity index is 1120. The minimum Gasteiger partial charge on any atom is -0.337 e. The van der Waals surface area contributed by atoms with Gasteiger partial charge in [0.15, 0.2) is 11.5 Å². The molecule has 0 spiro atoms. The van der Waals surface area contributed by atoms with Crippen molar-refractivity contribution in [3.63, 3.8) is 0 Å². The third-order valence-electron chi connectivity index (χ3n) is 7.35. The zero-order valence-electron chi connectivity index (χ0n) is 20.0. The van der Waals surface area contributed by atoms with Gasteiger partial charge in [0.05, 0.1) is 6.57 Å². The highest BCUT2D eigenvalue weighted by atomic mass is 19.1. The average Bonchev–Trinajstić information content (AvgIpc) is 2.79. The van der Waals surface area contributed by atoms with Gasteiger partial charge in [-0.15, -0.1) is 0 Å². The Morgan fingerprint density at radius 2 is 1.91 bits per heavy atom. The fraction of sp³-hybridized carbons (Fsp3) is 0.464. The van der Waals surface area contributed by atoms with Gasteiger partial charge in [-0.3, -0.25) is 14.5 Å². The molecule has 0 bridgehead atoms. The molecule has 34 heavy (non-hydrogen) atoms. The van der Waals surface area contributed by atoms with Crippen LogP contribution in [0.3, 0.4) is 0 Å². The molecule has 1 amide bonds. The summed E-state index contributed by atoms with van der Waals surface area (Å²) >= 11 is 0. The number of nitrogens with zero attached hydrogens (tertiary/aromatic N) is 3. The van der Waals surface area contributed by atoms with Crippen molar-refractivity contribution in [2.24, 2.45) is 5.92 Å². The SMILES string of the molecule is [C-]#[N+]c1cccc(C(=O)Cc2cc(F)cc(CN3CCN(C(=O)CC4CCC4)[C@@H](C)C3)c2C)c1. The molecule has 1 heterocycles. The first-order valence-electron chi connectivity index (χ1n) is 12.1. The van der Waals surface area contributed by atoms with Crippen molar-refractivity contribution in [1.82, 2.24) is 9.80 Å². The van der Waals surface area contributed by atoms with Crippen LogP contribution >= 0.6 is 0 Å². The second-order valence-corrected chi connectivity index (χ2v) is 9.78. The molecule has 2 aromatic rings. The highest BCUT2D eigenvalue weighted by Gasteiger charge is 2.30. The van der Waals surface area contributed by atoms with Crippen molar-refractivity contribution in [2.45, 2.75) is 58.5 Å². The summed E-state index contributed by atoms with van der Waals surface area (Å²) in [4.78, 5) is 33.2. The monoisotopic (exact) mass is 461 g/mol. The predicted molar refractivity (Wildman–Crippen MR) is 130 cm³/mol. The number of piperazine rings is 1. The standard InChI is InChI=1S/C28H32FN3O2/c1-19-17-31(10-11-32(19)28(34)12-21-6-4-7-21)18-24-14-25(29)13-23(20(24)2)16-27(33)22-8-5-9-26(15-22)30-3/h5,8-9,13-15,19,21H,4,6-7,10-12,16-18H2,1-2H3/t19-/m0/s1. The molecule has 4 rings (SSSR count). The first kappa shape index (κ1) is 24.1. The van der Waals surface area contributed by atoms with E-state index in [2.05, 4.69) is 16.7 Å². The quantitative estimate of drug-likeness (QED) is 0.413. The number of hydrogen-bond donors (Lipinski definition) is 0. The fourth-order valence-corrected chi connectivity index (χ4v) is 5.02. The number of hydrogen-bond acceptors (Lipinski definition) is 3. The first-order chi connectivity index (χ1) is 16.3. The molecular formula is C28H32FN3O2. The molecule has 2 aliphatic rings. The Balaban J connectivity index is 1.41. The molecule has 1 saturated heterocycles. The summed E-state index contributed by atoms with van der Waals surface area (Å²) in [6, 6.07) is 9.76. The third kappa shape index (κ3) is 5.53. The van der Waals surface area contributed by atoms with E-state index in [1.54, 1.807) is 30.3 Å². The van der Waals surface area contributed by atoms with E-state index in [0.29, 0.717) is 42.2 Å². The summed E-state index contributed by atoms with van der Waals surface area (Å²) in [5.41, 5.74) is 3.36. The van der Waals surface area contributed by atoms with Gasteiger partial charge in [0.1, 0.15) is 5.82 Å². The van der Waals surface area contributed by atoms with Crippen LogP contribution in [0.1, 0.15) is 59.7 Å². The Morgan fingerprint density at radius 3 is 2.59 bits per heavy atom. The Morgan fingerprint density at radius 1 is 1.15 bits per heavy atom. The number of benzene rings is 2. The molecule has 1 aliphatic carbocycles. The summed E-state index contributed by atoms with van der Waals surface area (Å²) in [6.07, 6.45) is 4.36. The maximum absolute atomic E-state index is 14.5. The van der Waals surface area contributed by atoms with Crippen LogP contribution < -0.4 is 0 Å². The zero-order valence-corrected chi connectivity index (χ0v) is 20.0. The molecule has 0 unspecified atom stereocenters. The molecule has 1 atom stereocenters. The second-order valence-electron chi connectivity index (χ2n) is 9.78. The van der Waals surface area contributed by atoms with Crippen LogP contribution in [0.5, 0.6) is 0 Å². The molecule has 0 radical (unpaired) electrons. The third-order valence-corrected chi connectivity index (χ3v) is 7.35. The average molecular weight is 462 g/mol. The summed E-state index contributed by atoms with van der Waals surface area (Å²) < 4.78 is 14.5. The van der Waals surface area contributed by atoms with E-state index in [1.165, 1.54) is 25.3 Å². The van der Waals surface area contributed by atoms with E-state index >= 15 is 0 Å². The maximum Gasteiger partial charge on any atom is 0.223 e. The molecular weight excluding hydrogens is 429 g/mol. The largest absolute Gasteiger partial charge is 0.337 e. The highest BCUT2D eigenvalue weighted by molar-refractivity contribution is 5.98. The number of amides is 1. The number of Topliss-reactive ketones (excluding diaryl/α,β-unsaturated/α-hetero) is 1. The lowest BCUT2D eigenvalue weighted by atomic mass is 9.82. The van der Waals surface area contributed by atoms with Crippen molar-refractivity contribution in [1.29, 1.82) is 0 Å².